The lowest BCUT2D eigenvalue weighted by Crippen LogP contribution is -2.36. The van der Waals surface area contributed by atoms with Crippen molar-refractivity contribution >= 4 is 24.3 Å². The quantitative estimate of drug-likeness (QED) is 0.506. The second kappa shape index (κ2) is 3.06. The Hall–Kier alpha value is -1.90. The Morgan fingerprint density at radius 1 is 1.13 bits per heavy atom. The highest BCUT2D eigenvalue weighted by atomic mass is 15.1. The maximum absolute atomic E-state index is 5.94. The summed E-state index contributed by atoms with van der Waals surface area (Å²) in [5.41, 5.74) is 9.08. The van der Waals surface area contributed by atoms with E-state index in [1.165, 1.54) is 5.69 Å². The number of fused-ring (bicyclic) bond motifs is 3. The van der Waals surface area contributed by atoms with Crippen LogP contribution in [-0.2, 0) is 0 Å². The van der Waals surface area contributed by atoms with Crippen LogP contribution in [0.3, 0.4) is 0 Å². The third-order valence-electron chi connectivity index (χ3n) is 2.84. The number of anilines is 2. The van der Waals surface area contributed by atoms with E-state index in [-0.39, 0.29) is 0 Å². The molecule has 0 atom stereocenters. The molecule has 1 aromatic carbocycles. The fourth-order valence-corrected chi connectivity index (χ4v) is 2.08. The van der Waals surface area contributed by atoms with E-state index in [0.717, 1.165) is 11.3 Å². The molecule has 2 aliphatic heterocycles. The molecular formula is C12H11BN2. The molecule has 3 rings (SSSR count). The molecule has 0 saturated heterocycles. The first-order valence-electron chi connectivity index (χ1n) is 5.06. The van der Waals surface area contributed by atoms with Crippen LogP contribution in [-0.4, -0.2) is 6.85 Å². The molecule has 0 unspecified atom stereocenters. The molecule has 2 heterocycles. The first kappa shape index (κ1) is 8.42. The number of nitrogens with zero attached hydrogens (tertiary/aromatic N) is 1. The normalized spacial score (nSPS) is 16.5. The number of benzene rings is 1. The molecule has 2 nitrogen and oxygen atoms in total. The second-order valence-corrected chi connectivity index (χ2v) is 3.76. The summed E-state index contributed by atoms with van der Waals surface area (Å²) < 4.78 is 0. The monoisotopic (exact) mass is 194 g/mol. The zero-order chi connectivity index (χ0) is 10.3. The van der Waals surface area contributed by atoms with Gasteiger partial charge in [-0.25, -0.2) is 0 Å². The van der Waals surface area contributed by atoms with Crippen LogP contribution in [0.5, 0.6) is 0 Å². The highest BCUT2D eigenvalue weighted by molar-refractivity contribution is 6.75. The summed E-state index contributed by atoms with van der Waals surface area (Å²) in [6.07, 6.45) is 8.31. The summed E-state index contributed by atoms with van der Waals surface area (Å²) in [7, 11) is 0. The summed E-state index contributed by atoms with van der Waals surface area (Å²) in [5.74, 6) is 4.33. The fourth-order valence-electron chi connectivity index (χ4n) is 2.08. The van der Waals surface area contributed by atoms with Gasteiger partial charge in [-0.3, -0.25) is 0 Å². The van der Waals surface area contributed by atoms with Gasteiger partial charge in [0.25, 0.3) is 0 Å². The van der Waals surface area contributed by atoms with E-state index >= 15 is 0 Å². The number of hydrogen-bond acceptors (Lipinski definition) is 2. The van der Waals surface area contributed by atoms with Gasteiger partial charge in [0.2, 0.25) is 0 Å². The molecule has 1 aromatic rings. The number of hydrogen-bond donors (Lipinski definition) is 1. The molecule has 0 radical (unpaired) electrons. The highest BCUT2D eigenvalue weighted by Crippen LogP contribution is 2.32. The average molecular weight is 194 g/mol. The Morgan fingerprint density at radius 3 is 3.00 bits per heavy atom. The third-order valence-corrected chi connectivity index (χ3v) is 2.84. The Balaban J connectivity index is 2.18. The maximum Gasteiger partial charge on any atom is 0.312 e. The number of allylic oxidation sites excluding steroid dienone is 2. The largest absolute Gasteiger partial charge is 0.398 e. The lowest BCUT2D eigenvalue weighted by molar-refractivity contribution is 1.36. The summed E-state index contributed by atoms with van der Waals surface area (Å²) in [6, 6.07) is 6.04. The van der Waals surface area contributed by atoms with Crippen molar-refractivity contribution in [3.63, 3.8) is 0 Å². The average Bonchev–Trinajstić information content (AvgIpc) is 2.29. The van der Waals surface area contributed by atoms with E-state index in [1.54, 1.807) is 0 Å². The van der Waals surface area contributed by atoms with Crippen molar-refractivity contribution in [2.45, 2.75) is 0 Å². The van der Waals surface area contributed by atoms with Crippen molar-refractivity contribution in [3.05, 3.63) is 54.1 Å². The molecule has 72 valence electrons. The summed E-state index contributed by atoms with van der Waals surface area (Å²) in [5, 5.41) is 0. The summed E-state index contributed by atoms with van der Waals surface area (Å²) in [4.78, 5) is 2.23. The van der Waals surface area contributed by atoms with Gasteiger partial charge in [-0.1, -0.05) is 30.2 Å². The van der Waals surface area contributed by atoms with Crippen LogP contribution >= 0.6 is 0 Å². The van der Waals surface area contributed by atoms with E-state index in [9.17, 15) is 0 Å². The lowest BCUT2D eigenvalue weighted by Gasteiger charge is -2.31. The minimum Gasteiger partial charge on any atom is -0.398 e. The highest BCUT2D eigenvalue weighted by Gasteiger charge is 2.24. The second-order valence-electron chi connectivity index (χ2n) is 3.76. The van der Waals surface area contributed by atoms with Gasteiger partial charge in [0, 0.05) is 16.9 Å². The maximum atomic E-state index is 5.94. The van der Waals surface area contributed by atoms with Gasteiger partial charge >= 0.3 is 6.85 Å². The van der Waals surface area contributed by atoms with Crippen LogP contribution in [0.25, 0.3) is 6.08 Å². The van der Waals surface area contributed by atoms with E-state index in [1.807, 2.05) is 18.2 Å². The van der Waals surface area contributed by atoms with Gasteiger partial charge in [-0.05, 0) is 24.4 Å². The Labute approximate surface area is 89.5 Å². The van der Waals surface area contributed by atoms with Crippen molar-refractivity contribution in [2.75, 3.05) is 10.5 Å². The SMILES string of the molecule is Nc1cccc2c1C=CB1C=CC=CN12. The van der Waals surface area contributed by atoms with Crippen molar-refractivity contribution in [3.8, 4) is 0 Å². The fraction of sp³-hybridized carbons (Fsp3) is 0. The van der Waals surface area contributed by atoms with Gasteiger partial charge < -0.3 is 10.5 Å². The molecule has 0 saturated carbocycles. The van der Waals surface area contributed by atoms with E-state index in [2.05, 4.69) is 41.2 Å². The zero-order valence-electron chi connectivity index (χ0n) is 8.30. The van der Waals surface area contributed by atoms with Crippen molar-refractivity contribution in [2.24, 2.45) is 0 Å². The molecule has 15 heavy (non-hydrogen) atoms. The van der Waals surface area contributed by atoms with Gasteiger partial charge in [0.15, 0.2) is 0 Å². The Bertz CT molecular complexity index is 488. The van der Waals surface area contributed by atoms with E-state index < -0.39 is 0 Å². The first-order valence-corrected chi connectivity index (χ1v) is 5.06. The molecule has 2 N–H and O–H groups in total. The smallest absolute Gasteiger partial charge is 0.312 e. The molecule has 0 fully saturated rings. The van der Waals surface area contributed by atoms with Crippen LogP contribution in [0.1, 0.15) is 5.56 Å². The van der Waals surface area contributed by atoms with Crippen molar-refractivity contribution < 1.29 is 0 Å². The molecule has 0 aliphatic carbocycles. The van der Waals surface area contributed by atoms with Crippen molar-refractivity contribution in [1.82, 2.24) is 0 Å². The van der Waals surface area contributed by atoms with Crippen molar-refractivity contribution in [1.29, 1.82) is 0 Å². The Kier molecular flexibility index (Phi) is 1.71. The Morgan fingerprint density at radius 2 is 2.07 bits per heavy atom. The first-order chi connectivity index (χ1) is 7.36. The molecule has 0 amide bonds. The minimum atomic E-state index is 0.337. The molecule has 0 spiro atoms. The van der Waals surface area contributed by atoms with E-state index in [0.29, 0.717) is 6.85 Å². The topological polar surface area (TPSA) is 29.3 Å². The molecular weight excluding hydrogens is 183 g/mol. The minimum absolute atomic E-state index is 0.337. The van der Waals surface area contributed by atoms with Crippen LogP contribution in [0.15, 0.2) is 48.5 Å². The summed E-state index contributed by atoms with van der Waals surface area (Å²) >= 11 is 0. The van der Waals surface area contributed by atoms with Gasteiger partial charge in [-0.15, -0.1) is 0 Å². The van der Waals surface area contributed by atoms with Gasteiger partial charge in [-0.2, -0.15) is 0 Å². The van der Waals surface area contributed by atoms with Crippen LogP contribution in [0.4, 0.5) is 11.4 Å². The standard InChI is InChI=1S/C12H11BN2/c14-11-4-3-5-12-10(11)6-8-13-7-1-2-9-15(12)13/h1-9H,14H2. The number of nitrogen functional groups attached to an aromatic ring is 1. The van der Waals surface area contributed by atoms with Gasteiger partial charge in [0.05, 0.1) is 0 Å². The summed E-state index contributed by atoms with van der Waals surface area (Å²) in [6.45, 7) is 0.337. The zero-order valence-corrected chi connectivity index (χ0v) is 8.30. The van der Waals surface area contributed by atoms with E-state index in [4.69, 9.17) is 5.73 Å². The van der Waals surface area contributed by atoms with Crippen LogP contribution < -0.4 is 10.5 Å². The third kappa shape index (κ3) is 1.20. The molecule has 3 heteroatoms. The molecule has 0 bridgehead atoms. The van der Waals surface area contributed by atoms with Gasteiger partial charge in [0.1, 0.15) is 0 Å². The number of nitrogens with two attached hydrogens (primary N) is 1. The van der Waals surface area contributed by atoms with Crippen LogP contribution in [0.2, 0.25) is 0 Å². The molecule has 0 aromatic heterocycles. The number of rotatable bonds is 0. The predicted molar refractivity (Wildman–Crippen MR) is 66.4 cm³/mol. The molecule has 2 aliphatic rings. The van der Waals surface area contributed by atoms with Crippen LogP contribution in [0, 0.1) is 0 Å². The predicted octanol–water partition coefficient (Wildman–Crippen LogP) is 2.26. The lowest BCUT2D eigenvalue weighted by atomic mass is 9.57.